The molecule has 10 nitrogen and oxygen atoms in total. The number of hydrogen-bond acceptors (Lipinski definition) is 8. The molecule has 3 fully saturated rings. The van der Waals surface area contributed by atoms with E-state index in [1.165, 1.54) is 16.7 Å². The third-order valence-corrected chi connectivity index (χ3v) is 8.74. The first-order chi connectivity index (χ1) is 15.6. The summed E-state index contributed by atoms with van der Waals surface area (Å²) < 4.78 is 0. The molecular weight excluding hydrogens is 446 g/mol. The second-order valence-electron chi connectivity index (χ2n) is 9.72. The summed E-state index contributed by atoms with van der Waals surface area (Å²) in [5, 5.41) is 16.1. The van der Waals surface area contributed by atoms with Gasteiger partial charge >= 0.3 is 5.97 Å². The van der Waals surface area contributed by atoms with Crippen molar-refractivity contribution in [3.05, 3.63) is 10.6 Å². The number of thioether (sulfide) groups is 1. The van der Waals surface area contributed by atoms with Crippen LogP contribution in [0.3, 0.4) is 0 Å². The minimum absolute atomic E-state index is 0.0406. The average Bonchev–Trinajstić information content (AvgIpc) is 3.27. The highest BCUT2D eigenvalue weighted by Gasteiger charge is 2.60. The fraction of sp³-hybridized carbons (Fsp3) is 0.727. The number of carboxylic acid groups (broad SMARTS) is 1. The number of ketones is 1. The van der Waals surface area contributed by atoms with Gasteiger partial charge in [0.2, 0.25) is 11.8 Å². The SMILES string of the molecule is CNCC(=O)C[C@H](C)[C@H]1C(=O)N2C(C(=O)O)=C(S[C@@H]3CN[C@H](C(=O)N4CC(N)C4)C3)[C@H](C)[C@@H]12. The zero-order chi connectivity index (χ0) is 24.0. The Kier molecular flexibility index (Phi) is 6.86. The monoisotopic (exact) mass is 479 g/mol. The van der Waals surface area contributed by atoms with Gasteiger partial charge in [0.15, 0.2) is 0 Å². The van der Waals surface area contributed by atoms with E-state index < -0.39 is 5.97 Å². The Morgan fingerprint density at radius 3 is 2.64 bits per heavy atom. The lowest BCUT2D eigenvalue weighted by molar-refractivity contribution is -0.160. The van der Waals surface area contributed by atoms with Gasteiger partial charge in [0.05, 0.1) is 24.5 Å². The fourth-order valence-electron chi connectivity index (χ4n) is 5.60. The van der Waals surface area contributed by atoms with E-state index >= 15 is 0 Å². The lowest BCUT2D eigenvalue weighted by atomic mass is 9.73. The zero-order valence-corrected chi connectivity index (χ0v) is 20.1. The van der Waals surface area contributed by atoms with Crippen molar-refractivity contribution >= 4 is 35.3 Å². The first-order valence-corrected chi connectivity index (χ1v) is 12.4. The number of hydrogen-bond donors (Lipinski definition) is 4. The molecule has 3 saturated heterocycles. The minimum atomic E-state index is -1.11. The molecular formula is C22H33N5O5S. The number of nitrogens with zero attached hydrogens (tertiary/aromatic N) is 2. The number of amides is 2. The molecule has 0 aromatic rings. The summed E-state index contributed by atoms with van der Waals surface area (Å²) >= 11 is 1.47. The van der Waals surface area contributed by atoms with Crippen LogP contribution in [-0.4, -0.2) is 95.1 Å². The standard InChI is InChI=1S/C22H33N5O5S/c1-10(4-13(28)6-24-3)16-17-11(2)19(18(22(31)32)27(17)21(16)30)33-14-5-15(25-7-14)20(29)26-8-12(23)9-26/h10-12,14-17,24-25H,4-9,23H2,1-3H3,(H,31,32)/t10-,11+,14-,15-,16+,17-/m0/s1. The number of nitrogens with two attached hydrogens (primary N) is 1. The van der Waals surface area contributed by atoms with Crippen molar-refractivity contribution in [2.24, 2.45) is 23.5 Å². The van der Waals surface area contributed by atoms with Crippen LogP contribution in [0.15, 0.2) is 10.6 Å². The van der Waals surface area contributed by atoms with Gasteiger partial charge in [-0.15, -0.1) is 11.8 Å². The summed E-state index contributed by atoms with van der Waals surface area (Å²) in [6.07, 6.45) is 0.894. The van der Waals surface area contributed by atoms with E-state index in [-0.39, 0.29) is 77.4 Å². The first-order valence-electron chi connectivity index (χ1n) is 11.5. The van der Waals surface area contributed by atoms with Crippen molar-refractivity contribution in [2.75, 3.05) is 33.2 Å². The smallest absolute Gasteiger partial charge is 0.353 e. The van der Waals surface area contributed by atoms with Gasteiger partial charge in [0.1, 0.15) is 11.5 Å². The molecule has 0 unspecified atom stereocenters. The van der Waals surface area contributed by atoms with E-state index in [2.05, 4.69) is 10.6 Å². The van der Waals surface area contributed by atoms with Crippen LogP contribution < -0.4 is 16.4 Å². The molecule has 182 valence electrons. The number of nitrogens with one attached hydrogen (secondary N) is 2. The molecule has 0 radical (unpaired) electrons. The molecule has 5 N–H and O–H groups in total. The van der Waals surface area contributed by atoms with Crippen LogP contribution in [0.4, 0.5) is 0 Å². The molecule has 2 amide bonds. The molecule has 4 aliphatic rings. The normalized spacial score (nSPS) is 32.5. The summed E-state index contributed by atoms with van der Waals surface area (Å²) in [5.41, 5.74) is 5.85. The molecule has 0 bridgehead atoms. The number of β-lactam (4-membered cyclic amide) rings is 1. The van der Waals surface area contributed by atoms with Crippen LogP contribution in [0.5, 0.6) is 0 Å². The molecule has 4 heterocycles. The molecule has 0 aromatic heterocycles. The quantitative estimate of drug-likeness (QED) is 0.313. The van der Waals surface area contributed by atoms with Gasteiger partial charge in [-0.1, -0.05) is 13.8 Å². The maximum Gasteiger partial charge on any atom is 0.353 e. The number of Topliss-reactive ketones (excluding diaryl/α,β-unsaturated/α-hetero) is 1. The van der Waals surface area contributed by atoms with Crippen LogP contribution >= 0.6 is 11.8 Å². The van der Waals surface area contributed by atoms with Crippen molar-refractivity contribution in [2.45, 2.75) is 50.1 Å². The molecule has 0 saturated carbocycles. The second kappa shape index (κ2) is 9.36. The van der Waals surface area contributed by atoms with Crippen LogP contribution in [0.2, 0.25) is 0 Å². The number of fused-ring (bicyclic) bond motifs is 1. The van der Waals surface area contributed by atoms with Crippen LogP contribution in [-0.2, 0) is 19.2 Å². The highest BCUT2D eigenvalue weighted by atomic mass is 32.2. The summed E-state index contributed by atoms with van der Waals surface area (Å²) in [6.45, 7) is 5.87. The molecule has 0 aromatic carbocycles. The maximum atomic E-state index is 13.0. The Morgan fingerprint density at radius 1 is 1.33 bits per heavy atom. The zero-order valence-electron chi connectivity index (χ0n) is 19.2. The second-order valence-corrected chi connectivity index (χ2v) is 11.1. The number of likely N-dealkylation sites (N-methyl/N-ethyl adjacent to an activating group) is 1. The van der Waals surface area contributed by atoms with Crippen molar-refractivity contribution in [3.63, 3.8) is 0 Å². The Bertz CT molecular complexity index is 888. The van der Waals surface area contributed by atoms with Gasteiger partial charge in [0.25, 0.3) is 0 Å². The third-order valence-electron chi connectivity index (χ3n) is 7.23. The van der Waals surface area contributed by atoms with E-state index in [9.17, 15) is 24.3 Å². The highest BCUT2D eigenvalue weighted by Crippen LogP contribution is 2.53. The predicted molar refractivity (Wildman–Crippen MR) is 123 cm³/mol. The number of aliphatic carboxylic acids is 1. The Balaban J connectivity index is 1.43. The summed E-state index contributed by atoms with van der Waals surface area (Å²) in [5.74, 6) is -1.88. The lowest BCUT2D eigenvalue weighted by Gasteiger charge is -2.47. The lowest BCUT2D eigenvalue weighted by Crippen LogP contribution is -2.62. The van der Waals surface area contributed by atoms with Crippen molar-refractivity contribution in [1.82, 2.24) is 20.4 Å². The molecule has 4 aliphatic heterocycles. The van der Waals surface area contributed by atoms with Crippen molar-refractivity contribution in [3.8, 4) is 0 Å². The van der Waals surface area contributed by atoms with Gasteiger partial charge in [0, 0.05) is 48.2 Å². The van der Waals surface area contributed by atoms with Crippen LogP contribution in [0.1, 0.15) is 26.7 Å². The molecule has 4 rings (SSSR count). The van der Waals surface area contributed by atoms with Crippen LogP contribution in [0, 0.1) is 17.8 Å². The average molecular weight is 480 g/mol. The van der Waals surface area contributed by atoms with E-state index in [1.807, 2.05) is 13.8 Å². The third kappa shape index (κ3) is 4.31. The Hall–Kier alpha value is -1.95. The van der Waals surface area contributed by atoms with E-state index in [4.69, 9.17) is 5.73 Å². The molecule has 6 atom stereocenters. The Morgan fingerprint density at radius 2 is 2.03 bits per heavy atom. The van der Waals surface area contributed by atoms with Gasteiger partial charge in [-0.3, -0.25) is 14.4 Å². The van der Waals surface area contributed by atoms with Crippen molar-refractivity contribution < 1.29 is 24.3 Å². The number of carbonyl (C=O) groups is 4. The van der Waals surface area contributed by atoms with E-state index in [1.54, 1.807) is 11.9 Å². The van der Waals surface area contributed by atoms with E-state index in [0.717, 1.165) is 0 Å². The van der Waals surface area contributed by atoms with Crippen molar-refractivity contribution in [1.29, 1.82) is 0 Å². The number of carbonyl (C=O) groups excluding carboxylic acids is 3. The largest absolute Gasteiger partial charge is 0.477 e. The number of carboxylic acids is 1. The maximum absolute atomic E-state index is 13.0. The van der Waals surface area contributed by atoms with Gasteiger partial charge in [-0.2, -0.15) is 0 Å². The predicted octanol–water partition coefficient (Wildman–Crippen LogP) is -0.793. The highest BCUT2D eigenvalue weighted by molar-refractivity contribution is 8.03. The number of likely N-dealkylation sites (tertiary alicyclic amines) is 1. The summed E-state index contributed by atoms with van der Waals surface area (Å²) in [7, 11) is 1.71. The summed E-state index contributed by atoms with van der Waals surface area (Å²) in [4.78, 5) is 53.7. The first kappa shape index (κ1) is 24.2. The topological polar surface area (TPSA) is 145 Å². The molecule has 11 heteroatoms. The minimum Gasteiger partial charge on any atom is -0.477 e. The van der Waals surface area contributed by atoms with Gasteiger partial charge < -0.3 is 31.3 Å². The van der Waals surface area contributed by atoms with Gasteiger partial charge in [-0.05, 0) is 19.4 Å². The number of rotatable bonds is 9. The fourth-order valence-corrected chi connectivity index (χ4v) is 7.07. The summed E-state index contributed by atoms with van der Waals surface area (Å²) in [6, 6.07) is -0.475. The van der Waals surface area contributed by atoms with Crippen LogP contribution in [0.25, 0.3) is 0 Å². The van der Waals surface area contributed by atoms with E-state index in [0.29, 0.717) is 31.0 Å². The molecule has 0 spiro atoms. The Labute approximate surface area is 197 Å². The molecule has 33 heavy (non-hydrogen) atoms. The van der Waals surface area contributed by atoms with Gasteiger partial charge in [-0.25, -0.2) is 4.79 Å². The molecule has 0 aliphatic carbocycles.